The van der Waals surface area contributed by atoms with Gasteiger partial charge in [0.15, 0.2) is 5.76 Å². The minimum absolute atomic E-state index is 0.150. The first-order valence-corrected chi connectivity index (χ1v) is 6.87. The van der Waals surface area contributed by atoms with Crippen LogP contribution in [-0.4, -0.2) is 47.9 Å². The Morgan fingerprint density at radius 2 is 2.20 bits per heavy atom. The normalized spacial score (nSPS) is 20.1. The standard InChI is InChI=1S/C14H24N4O2/c1-10-7-11(20-12(10)13(19)16-15)8-18-6-5-17(4)14(2,3)9-18/h7H,5-6,8-9,15H2,1-4H3,(H,16,19). The summed E-state index contributed by atoms with van der Waals surface area (Å²) in [6.45, 7) is 10.0. The van der Waals surface area contributed by atoms with Crippen LogP contribution in [0.25, 0.3) is 0 Å². The fourth-order valence-corrected chi connectivity index (χ4v) is 2.61. The molecule has 0 unspecified atom stereocenters. The summed E-state index contributed by atoms with van der Waals surface area (Å²) < 4.78 is 5.62. The first kappa shape index (κ1) is 15.0. The molecule has 6 nitrogen and oxygen atoms in total. The Hall–Kier alpha value is -1.37. The van der Waals surface area contributed by atoms with Gasteiger partial charge >= 0.3 is 5.91 Å². The van der Waals surface area contributed by atoms with Gasteiger partial charge in [0.2, 0.25) is 0 Å². The topological polar surface area (TPSA) is 74.7 Å². The van der Waals surface area contributed by atoms with Gasteiger partial charge in [-0.25, -0.2) is 5.84 Å². The number of amides is 1. The predicted octanol–water partition coefficient (Wildman–Crippen LogP) is 0.718. The molecule has 1 aromatic heterocycles. The molecule has 0 aromatic carbocycles. The number of nitrogens with two attached hydrogens (primary N) is 1. The summed E-state index contributed by atoms with van der Waals surface area (Å²) in [7, 11) is 2.15. The second-order valence-electron chi connectivity index (χ2n) is 6.14. The molecule has 0 spiro atoms. The molecule has 1 amide bonds. The number of nitrogens with one attached hydrogen (secondary N) is 1. The summed E-state index contributed by atoms with van der Waals surface area (Å²) in [5.41, 5.74) is 3.07. The molecular weight excluding hydrogens is 256 g/mol. The van der Waals surface area contributed by atoms with E-state index in [4.69, 9.17) is 10.3 Å². The summed E-state index contributed by atoms with van der Waals surface area (Å²) in [6, 6.07) is 1.91. The number of hydrogen-bond donors (Lipinski definition) is 2. The molecular formula is C14H24N4O2. The van der Waals surface area contributed by atoms with E-state index in [1.807, 2.05) is 13.0 Å². The van der Waals surface area contributed by atoms with Crippen LogP contribution in [0, 0.1) is 6.92 Å². The van der Waals surface area contributed by atoms with Crippen LogP contribution in [0.5, 0.6) is 0 Å². The summed E-state index contributed by atoms with van der Waals surface area (Å²) in [5, 5.41) is 0. The van der Waals surface area contributed by atoms with Gasteiger partial charge in [0.1, 0.15) is 5.76 Å². The molecule has 0 atom stereocenters. The van der Waals surface area contributed by atoms with E-state index in [1.165, 1.54) is 0 Å². The third kappa shape index (κ3) is 3.03. The van der Waals surface area contributed by atoms with Crippen molar-refractivity contribution in [2.45, 2.75) is 32.9 Å². The lowest BCUT2D eigenvalue weighted by atomic mass is 10.00. The lowest BCUT2D eigenvalue weighted by Gasteiger charge is -2.45. The van der Waals surface area contributed by atoms with Crippen LogP contribution >= 0.6 is 0 Å². The number of hydrazine groups is 1. The van der Waals surface area contributed by atoms with Crippen molar-refractivity contribution >= 4 is 5.91 Å². The van der Waals surface area contributed by atoms with Gasteiger partial charge in [0, 0.05) is 30.7 Å². The number of furan rings is 1. The van der Waals surface area contributed by atoms with Crippen LogP contribution in [0.2, 0.25) is 0 Å². The average molecular weight is 280 g/mol. The van der Waals surface area contributed by atoms with Gasteiger partial charge in [-0.1, -0.05) is 0 Å². The summed E-state index contributed by atoms with van der Waals surface area (Å²) in [6.07, 6.45) is 0. The van der Waals surface area contributed by atoms with Crippen molar-refractivity contribution in [1.82, 2.24) is 15.2 Å². The minimum atomic E-state index is -0.382. The maximum atomic E-state index is 11.5. The fourth-order valence-electron chi connectivity index (χ4n) is 2.61. The Balaban J connectivity index is 2.06. The fraction of sp³-hybridized carbons (Fsp3) is 0.643. The third-order valence-electron chi connectivity index (χ3n) is 4.08. The van der Waals surface area contributed by atoms with Gasteiger partial charge in [0.05, 0.1) is 6.54 Å². The van der Waals surface area contributed by atoms with Crippen molar-refractivity contribution in [1.29, 1.82) is 0 Å². The van der Waals surface area contributed by atoms with Crippen molar-refractivity contribution in [3.05, 3.63) is 23.2 Å². The van der Waals surface area contributed by atoms with Crippen molar-refractivity contribution in [3.63, 3.8) is 0 Å². The molecule has 1 fully saturated rings. The number of nitrogen functional groups attached to an aromatic ring is 1. The van der Waals surface area contributed by atoms with Crippen LogP contribution in [0.3, 0.4) is 0 Å². The number of hydrogen-bond acceptors (Lipinski definition) is 5. The third-order valence-corrected chi connectivity index (χ3v) is 4.08. The molecule has 1 saturated heterocycles. The maximum absolute atomic E-state index is 11.5. The zero-order valence-corrected chi connectivity index (χ0v) is 12.7. The Morgan fingerprint density at radius 1 is 1.50 bits per heavy atom. The zero-order valence-electron chi connectivity index (χ0n) is 12.7. The van der Waals surface area contributed by atoms with Crippen molar-refractivity contribution in [2.75, 3.05) is 26.7 Å². The van der Waals surface area contributed by atoms with Gasteiger partial charge < -0.3 is 4.42 Å². The van der Waals surface area contributed by atoms with Gasteiger partial charge in [-0.2, -0.15) is 0 Å². The second-order valence-corrected chi connectivity index (χ2v) is 6.14. The summed E-state index contributed by atoms with van der Waals surface area (Å²) in [4.78, 5) is 16.3. The molecule has 0 radical (unpaired) electrons. The van der Waals surface area contributed by atoms with Gasteiger partial charge in [-0.3, -0.25) is 20.0 Å². The largest absolute Gasteiger partial charge is 0.454 e. The Bertz CT molecular complexity index is 495. The first-order valence-electron chi connectivity index (χ1n) is 6.87. The molecule has 3 N–H and O–H groups in total. The highest BCUT2D eigenvalue weighted by Gasteiger charge is 2.31. The van der Waals surface area contributed by atoms with E-state index < -0.39 is 0 Å². The van der Waals surface area contributed by atoms with E-state index in [0.29, 0.717) is 5.76 Å². The van der Waals surface area contributed by atoms with Crippen LogP contribution in [0.1, 0.15) is 35.7 Å². The van der Waals surface area contributed by atoms with Crippen molar-refractivity contribution in [2.24, 2.45) is 5.84 Å². The summed E-state index contributed by atoms with van der Waals surface area (Å²) >= 11 is 0. The maximum Gasteiger partial charge on any atom is 0.301 e. The van der Waals surface area contributed by atoms with Crippen LogP contribution < -0.4 is 11.3 Å². The van der Waals surface area contributed by atoms with E-state index in [0.717, 1.165) is 37.5 Å². The molecule has 112 valence electrons. The molecule has 2 rings (SSSR count). The summed E-state index contributed by atoms with van der Waals surface area (Å²) in [5.74, 6) is 5.87. The SMILES string of the molecule is Cc1cc(CN2CCN(C)C(C)(C)C2)oc1C(=O)NN. The van der Waals surface area contributed by atoms with Crippen LogP contribution in [0.4, 0.5) is 0 Å². The van der Waals surface area contributed by atoms with E-state index >= 15 is 0 Å². The molecule has 1 aliphatic heterocycles. The van der Waals surface area contributed by atoms with E-state index in [2.05, 4.69) is 36.1 Å². The molecule has 0 saturated carbocycles. The van der Waals surface area contributed by atoms with Crippen molar-refractivity contribution < 1.29 is 9.21 Å². The number of nitrogens with zero attached hydrogens (tertiary/aromatic N) is 2. The van der Waals surface area contributed by atoms with E-state index in [1.54, 1.807) is 0 Å². The van der Waals surface area contributed by atoms with E-state index in [9.17, 15) is 4.79 Å². The quantitative estimate of drug-likeness (QED) is 0.485. The highest BCUT2D eigenvalue weighted by atomic mass is 16.4. The highest BCUT2D eigenvalue weighted by Crippen LogP contribution is 2.22. The molecule has 1 aliphatic rings. The van der Waals surface area contributed by atoms with Gasteiger partial charge in [-0.05, 0) is 33.9 Å². The zero-order chi connectivity index (χ0) is 14.9. The highest BCUT2D eigenvalue weighted by molar-refractivity contribution is 5.92. The lowest BCUT2D eigenvalue weighted by molar-refractivity contribution is 0.0326. The smallest absolute Gasteiger partial charge is 0.301 e. The molecule has 1 aromatic rings. The Labute approximate surface area is 119 Å². The number of rotatable bonds is 3. The minimum Gasteiger partial charge on any atom is -0.454 e. The van der Waals surface area contributed by atoms with Crippen molar-refractivity contribution in [3.8, 4) is 0 Å². The molecule has 20 heavy (non-hydrogen) atoms. The number of carbonyl (C=O) groups is 1. The number of likely N-dealkylation sites (N-methyl/N-ethyl adjacent to an activating group) is 1. The Kier molecular flexibility index (Phi) is 4.17. The monoisotopic (exact) mass is 280 g/mol. The molecule has 2 heterocycles. The van der Waals surface area contributed by atoms with Gasteiger partial charge in [0.25, 0.3) is 0 Å². The molecule has 0 bridgehead atoms. The van der Waals surface area contributed by atoms with Gasteiger partial charge in [-0.15, -0.1) is 0 Å². The molecule has 6 heteroatoms. The van der Waals surface area contributed by atoms with Crippen LogP contribution in [-0.2, 0) is 6.54 Å². The Morgan fingerprint density at radius 3 is 2.80 bits per heavy atom. The number of carbonyl (C=O) groups excluding carboxylic acids is 1. The first-order chi connectivity index (χ1) is 9.33. The number of aryl methyl sites for hydroxylation is 1. The second kappa shape index (κ2) is 5.55. The molecule has 0 aliphatic carbocycles. The lowest BCUT2D eigenvalue weighted by Crippen LogP contribution is -2.57. The predicted molar refractivity (Wildman–Crippen MR) is 77.1 cm³/mol. The number of piperazine rings is 1. The van der Waals surface area contributed by atoms with Crippen LogP contribution in [0.15, 0.2) is 10.5 Å². The average Bonchev–Trinajstić information content (AvgIpc) is 2.73. The van der Waals surface area contributed by atoms with E-state index in [-0.39, 0.29) is 11.4 Å².